The highest BCUT2D eigenvalue weighted by atomic mass is 79.9. The molecule has 1 aliphatic heterocycles. The van der Waals surface area contributed by atoms with Gasteiger partial charge in [0.2, 0.25) is 11.8 Å². The molecule has 1 aromatic heterocycles. The average molecular weight is 310 g/mol. The molecule has 0 aromatic carbocycles. The van der Waals surface area contributed by atoms with Gasteiger partial charge in [0.25, 0.3) is 0 Å². The predicted molar refractivity (Wildman–Crippen MR) is 67.7 cm³/mol. The van der Waals surface area contributed by atoms with E-state index >= 15 is 0 Å². The van der Waals surface area contributed by atoms with Crippen molar-refractivity contribution in [2.24, 2.45) is 5.41 Å². The standard InChI is InChI=1S/C12H12BrN3O2/c13-8-6-15-9(7-14-8)16-10(17)5-12(11(16)18)3-1-2-4-12/h6-7H,1-5H2. The van der Waals surface area contributed by atoms with E-state index in [4.69, 9.17) is 0 Å². The minimum absolute atomic E-state index is 0.0957. The van der Waals surface area contributed by atoms with E-state index in [1.54, 1.807) is 0 Å². The molecular weight excluding hydrogens is 298 g/mol. The summed E-state index contributed by atoms with van der Waals surface area (Å²) in [5, 5.41) is 0. The zero-order valence-electron chi connectivity index (χ0n) is 9.73. The minimum atomic E-state index is -0.453. The first-order valence-electron chi connectivity index (χ1n) is 5.97. The van der Waals surface area contributed by atoms with Crippen molar-refractivity contribution in [2.75, 3.05) is 4.90 Å². The summed E-state index contributed by atoms with van der Waals surface area (Å²) in [6, 6.07) is 0. The predicted octanol–water partition coefficient (Wildman–Crippen LogP) is 2.06. The molecule has 6 heteroatoms. The Bertz CT molecular complexity index is 509. The minimum Gasteiger partial charge on any atom is -0.274 e. The van der Waals surface area contributed by atoms with Crippen LogP contribution in [0.2, 0.25) is 0 Å². The molecule has 2 aliphatic rings. The van der Waals surface area contributed by atoms with E-state index in [1.165, 1.54) is 17.3 Å². The average Bonchev–Trinajstić information content (AvgIpc) is 2.89. The highest BCUT2D eigenvalue weighted by Crippen LogP contribution is 2.47. The Morgan fingerprint density at radius 2 is 1.89 bits per heavy atom. The molecule has 3 rings (SSSR count). The first kappa shape index (κ1) is 11.8. The maximum Gasteiger partial charge on any atom is 0.241 e. The van der Waals surface area contributed by atoms with Gasteiger partial charge in [-0.3, -0.25) is 9.59 Å². The second-order valence-electron chi connectivity index (χ2n) is 4.90. The van der Waals surface area contributed by atoms with Crippen molar-refractivity contribution >= 4 is 33.6 Å². The van der Waals surface area contributed by atoms with Gasteiger partial charge < -0.3 is 0 Å². The molecule has 0 unspecified atom stereocenters. The largest absolute Gasteiger partial charge is 0.274 e. The van der Waals surface area contributed by atoms with Crippen molar-refractivity contribution in [3.63, 3.8) is 0 Å². The van der Waals surface area contributed by atoms with Crippen LogP contribution in [0, 0.1) is 5.41 Å². The van der Waals surface area contributed by atoms with Crippen LogP contribution in [0.5, 0.6) is 0 Å². The second-order valence-corrected chi connectivity index (χ2v) is 5.71. The number of amides is 2. The van der Waals surface area contributed by atoms with E-state index in [2.05, 4.69) is 25.9 Å². The van der Waals surface area contributed by atoms with E-state index < -0.39 is 5.41 Å². The van der Waals surface area contributed by atoms with E-state index in [-0.39, 0.29) is 11.8 Å². The topological polar surface area (TPSA) is 63.2 Å². The van der Waals surface area contributed by atoms with Gasteiger partial charge in [0.15, 0.2) is 5.82 Å². The smallest absolute Gasteiger partial charge is 0.241 e. The van der Waals surface area contributed by atoms with Crippen LogP contribution < -0.4 is 4.90 Å². The van der Waals surface area contributed by atoms with Gasteiger partial charge in [0.1, 0.15) is 4.60 Å². The van der Waals surface area contributed by atoms with Crippen LogP contribution >= 0.6 is 15.9 Å². The van der Waals surface area contributed by atoms with Crippen molar-refractivity contribution in [3.05, 3.63) is 17.0 Å². The fourth-order valence-corrected chi connectivity index (χ4v) is 3.09. The van der Waals surface area contributed by atoms with Crippen LogP contribution in [0.3, 0.4) is 0 Å². The molecule has 1 spiro atoms. The lowest BCUT2D eigenvalue weighted by molar-refractivity contribution is -0.125. The van der Waals surface area contributed by atoms with Gasteiger partial charge in [0.05, 0.1) is 17.8 Å². The molecule has 0 radical (unpaired) electrons. The summed E-state index contributed by atoms with van der Waals surface area (Å²) in [4.78, 5) is 33.8. The normalized spacial score (nSPS) is 22.2. The Morgan fingerprint density at radius 3 is 2.50 bits per heavy atom. The third-order valence-electron chi connectivity index (χ3n) is 3.79. The van der Waals surface area contributed by atoms with Crippen molar-refractivity contribution < 1.29 is 9.59 Å². The summed E-state index contributed by atoms with van der Waals surface area (Å²) < 4.78 is 0.584. The quantitative estimate of drug-likeness (QED) is 0.745. The number of carbonyl (C=O) groups excluding carboxylic acids is 2. The number of rotatable bonds is 1. The molecular formula is C12H12BrN3O2. The first-order chi connectivity index (χ1) is 8.62. The van der Waals surface area contributed by atoms with Crippen molar-refractivity contribution in [1.82, 2.24) is 9.97 Å². The molecule has 2 fully saturated rings. The fourth-order valence-electron chi connectivity index (χ4n) is 2.89. The number of halogens is 1. The number of hydrogen-bond donors (Lipinski definition) is 0. The van der Waals surface area contributed by atoms with Gasteiger partial charge in [-0.15, -0.1) is 0 Å². The third-order valence-corrected chi connectivity index (χ3v) is 4.20. The number of anilines is 1. The molecule has 0 bridgehead atoms. The van der Waals surface area contributed by atoms with Crippen LogP contribution in [0.1, 0.15) is 32.1 Å². The Hall–Kier alpha value is -1.30. The van der Waals surface area contributed by atoms with E-state index in [0.29, 0.717) is 16.8 Å². The fraction of sp³-hybridized carbons (Fsp3) is 0.500. The molecule has 1 saturated carbocycles. The molecule has 0 atom stereocenters. The lowest BCUT2D eigenvalue weighted by Gasteiger charge is -2.19. The van der Waals surface area contributed by atoms with Gasteiger partial charge >= 0.3 is 0 Å². The Morgan fingerprint density at radius 1 is 1.17 bits per heavy atom. The van der Waals surface area contributed by atoms with Crippen LogP contribution in [-0.2, 0) is 9.59 Å². The molecule has 0 N–H and O–H groups in total. The summed E-state index contributed by atoms with van der Waals surface area (Å²) in [5.74, 6) is 0.0807. The first-order valence-corrected chi connectivity index (χ1v) is 6.77. The Kier molecular flexibility index (Phi) is 2.69. The van der Waals surface area contributed by atoms with Crippen LogP contribution in [0.25, 0.3) is 0 Å². The maximum atomic E-state index is 12.5. The maximum absolute atomic E-state index is 12.5. The number of aromatic nitrogens is 2. The highest BCUT2D eigenvalue weighted by Gasteiger charge is 2.53. The van der Waals surface area contributed by atoms with Gasteiger partial charge in [0, 0.05) is 6.42 Å². The lowest BCUT2D eigenvalue weighted by Crippen LogP contribution is -2.35. The highest BCUT2D eigenvalue weighted by molar-refractivity contribution is 9.10. The molecule has 94 valence electrons. The van der Waals surface area contributed by atoms with Crippen LogP contribution in [-0.4, -0.2) is 21.8 Å². The summed E-state index contributed by atoms with van der Waals surface area (Å²) in [6.45, 7) is 0. The summed E-state index contributed by atoms with van der Waals surface area (Å²) in [5.41, 5.74) is -0.453. The summed E-state index contributed by atoms with van der Waals surface area (Å²) in [6.07, 6.45) is 6.96. The molecule has 2 heterocycles. The summed E-state index contributed by atoms with van der Waals surface area (Å²) in [7, 11) is 0. The van der Waals surface area contributed by atoms with Gasteiger partial charge in [-0.05, 0) is 28.8 Å². The molecule has 18 heavy (non-hydrogen) atoms. The van der Waals surface area contributed by atoms with E-state index in [1.807, 2.05) is 0 Å². The number of imide groups is 1. The van der Waals surface area contributed by atoms with Gasteiger partial charge in [-0.1, -0.05) is 12.8 Å². The molecule has 2 amide bonds. The third kappa shape index (κ3) is 1.67. The summed E-state index contributed by atoms with van der Waals surface area (Å²) >= 11 is 3.18. The zero-order chi connectivity index (χ0) is 12.8. The van der Waals surface area contributed by atoms with Crippen molar-refractivity contribution in [3.8, 4) is 0 Å². The van der Waals surface area contributed by atoms with Crippen LogP contribution in [0.15, 0.2) is 17.0 Å². The molecule has 5 nitrogen and oxygen atoms in total. The second kappa shape index (κ2) is 4.12. The van der Waals surface area contributed by atoms with Gasteiger partial charge in [-0.25, -0.2) is 14.9 Å². The van der Waals surface area contributed by atoms with E-state index in [9.17, 15) is 9.59 Å². The van der Waals surface area contributed by atoms with Crippen molar-refractivity contribution in [2.45, 2.75) is 32.1 Å². The monoisotopic (exact) mass is 309 g/mol. The van der Waals surface area contributed by atoms with E-state index in [0.717, 1.165) is 25.7 Å². The SMILES string of the molecule is O=C1CC2(CCCC2)C(=O)N1c1cnc(Br)cn1. The number of hydrogen-bond acceptors (Lipinski definition) is 4. The van der Waals surface area contributed by atoms with Crippen molar-refractivity contribution in [1.29, 1.82) is 0 Å². The Labute approximate surface area is 113 Å². The molecule has 1 aliphatic carbocycles. The molecule has 1 aromatic rings. The molecule has 1 saturated heterocycles. The lowest BCUT2D eigenvalue weighted by atomic mass is 9.84. The number of carbonyl (C=O) groups is 2. The zero-order valence-corrected chi connectivity index (χ0v) is 11.3. The number of nitrogens with zero attached hydrogens (tertiary/aromatic N) is 3. The van der Waals surface area contributed by atoms with Crippen LogP contribution in [0.4, 0.5) is 5.82 Å². The van der Waals surface area contributed by atoms with Gasteiger partial charge in [-0.2, -0.15) is 0 Å². The Balaban J connectivity index is 1.95.